The van der Waals surface area contributed by atoms with Gasteiger partial charge in [0.2, 0.25) is 0 Å². The van der Waals surface area contributed by atoms with E-state index >= 15 is 0 Å². The highest BCUT2D eigenvalue weighted by Crippen LogP contribution is 2.27. The fraction of sp³-hybridized carbons (Fsp3) is 0.500. The first kappa shape index (κ1) is 14.2. The Morgan fingerprint density at radius 2 is 2.21 bits per heavy atom. The van der Waals surface area contributed by atoms with Crippen molar-refractivity contribution in [3.05, 3.63) is 29.8 Å². The molecule has 104 valence electrons. The summed E-state index contributed by atoms with van der Waals surface area (Å²) in [7, 11) is 0.519. The van der Waals surface area contributed by atoms with Gasteiger partial charge in [-0.15, -0.1) is 0 Å². The molecule has 1 N–H and O–H groups in total. The van der Waals surface area contributed by atoms with Crippen molar-refractivity contribution in [1.29, 1.82) is 0 Å². The molecule has 0 saturated heterocycles. The van der Waals surface area contributed by atoms with Crippen LogP contribution in [0.5, 0.6) is 0 Å². The molecule has 1 aliphatic carbocycles. The molecule has 1 fully saturated rings. The predicted octanol–water partition coefficient (Wildman–Crippen LogP) is 2.45. The Balaban J connectivity index is 2.14. The van der Waals surface area contributed by atoms with Crippen molar-refractivity contribution in [3.63, 3.8) is 0 Å². The van der Waals surface area contributed by atoms with Gasteiger partial charge < -0.3 is 9.84 Å². The zero-order chi connectivity index (χ0) is 13.8. The van der Waals surface area contributed by atoms with Crippen LogP contribution >= 0.6 is 0 Å². The molecule has 0 amide bonds. The summed E-state index contributed by atoms with van der Waals surface area (Å²) in [5, 5.41) is 9.02. The van der Waals surface area contributed by atoms with Crippen molar-refractivity contribution in [2.24, 2.45) is 0 Å². The van der Waals surface area contributed by atoms with Gasteiger partial charge in [-0.3, -0.25) is 4.21 Å². The highest BCUT2D eigenvalue weighted by atomic mass is 32.2. The molecule has 5 heteroatoms. The molecule has 0 bridgehead atoms. The molecule has 0 aromatic heterocycles. The summed E-state index contributed by atoms with van der Waals surface area (Å²) in [5.41, 5.74) is 0.185. The molecule has 1 saturated carbocycles. The summed E-state index contributed by atoms with van der Waals surface area (Å²) >= 11 is 0. The number of carbonyl (C=O) groups is 1. The van der Waals surface area contributed by atoms with Gasteiger partial charge in [0.1, 0.15) is 0 Å². The van der Waals surface area contributed by atoms with Gasteiger partial charge >= 0.3 is 5.97 Å². The first-order chi connectivity index (χ1) is 9.11. The number of benzene rings is 1. The molecule has 3 atom stereocenters. The molecular weight excluding hydrogens is 264 g/mol. The average molecular weight is 282 g/mol. The fourth-order valence-electron chi connectivity index (χ4n) is 2.46. The second-order valence-corrected chi connectivity index (χ2v) is 6.51. The third kappa shape index (κ3) is 3.42. The molecule has 19 heavy (non-hydrogen) atoms. The van der Waals surface area contributed by atoms with Crippen molar-refractivity contribution in [3.8, 4) is 0 Å². The SMILES string of the molecule is COC1CCCC(S(=O)c2cccc(C(=O)O)c2)C1. The first-order valence-electron chi connectivity index (χ1n) is 6.38. The second kappa shape index (κ2) is 6.30. The number of carboxylic acid groups (broad SMARTS) is 1. The quantitative estimate of drug-likeness (QED) is 0.921. The third-order valence-electron chi connectivity index (χ3n) is 3.53. The van der Waals surface area contributed by atoms with Crippen LogP contribution in [0.3, 0.4) is 0 Å². The number of hydrogen-bond donors (Lipinski definition) is 1. The zero-order valence-corrected chi connectivity index (χ0v) is 11.7. The molecule has 3 unspecified atom stereocenters. The van der Waals surface area contributed by atoms with E-state index < -0.39 is 16.8 Å². The van der Waals surface area contributed by atoms with E-state index in [9.17, 15) is 9.00 Å². The summed E-state index contributed by atoms with van der Waals surface area (Å²) in [4.78, 5) is 11.5. The lowest BCUT2D eigenvalue weighted by Crippen LogP contribution is -2.28. The summed E-state index contributed by atoms with van der Waals surface area (Å²) < 4.78 is 17.8. The van der Waals surface area contributed by atoms with Gasteiger partial charge in [0.05, 0.1) is 22.5 Å². The topological polar surface area (TPSA) is 63.6 Å². The van der Waals surface area contributed by atoms with Gasteiger partial charge in [0.15, 0.2) is 0 Å². The molecule has 0 spiro atoms. The zero-order valence-electron chi connectivity index (χ0n) is 10.9. The van der Waals surface area contributed by atoms with Crippen molar-refractivity contribution in [2.45, 2.75) is 41.9 Å². The smallest absolute Gasteiger partial charge is 0.335 e. The normalized spacial score (nSPS) is 24.9. The van der Waals surface area contributed by atoms with Crippen LogP contribution in [0, 0.1) is 0 Å². The van der Waals surface area contributed by atoms with Gasteiger partial charge in [-0.1, -0.05) is 6.07 Å². The minimum absolute atomic E-state index is 0.0581. The molecule has 4 nitrogen and oxygen atoms in total. The summed E-state index contributed by atoms with van der Waals surface area (Å²) in [6, 6.07) is 6.41. The molecule has 0 heterocycles. The standard InChI is InChI=1S/C14H18O4S/c1-18-11-5-3-7-13(9-11)19(17)12-6-2-4-10(8-12)14(15)16/h2,4,6,8,11,13H,3,5,7,9H2,1H3,(H,15,16). The van der Waals surface area contributed by atoms with Crippen LogP contribution in [0.4, 0.5) is 0 Å². The van der Waals surface area contributed by atoms with Crippen LogP contribution in [-0.2, 0) is 15.5 Å². The molecular formula is C14H18O4S. The van der Waals surface area contributed by atoms with E-state index in [-0.39, 0.29) is 16.9 Å². The van der Waals surface area contributed by atoms with Crippen LogP contribution in [0.1, 0.15) is 36.0 Å². The lowest BCUT2D eigenvalue weighted by molar-refractivity contribution is 0.0696. The van der Waals surface area contributed by atoms with Gasteiger partial charge in [-0.2, -0.15) is 0 Å². The number of ether oxygens (including phenoxy) is 1. The maximum Gasteiger partial charge on any atom is 0.335 e. The summed E-state index contributed by atoms with van der Waals surface area (Å²) in [5.74, 6) is -0.989. The Labute approximate surface area is 115 Å². The van der Waals surface area contributed by atoms with Crippen LogP contribution in [0.15, 0.2) is 29.2 Å². The molecule has 2 rings (SSSR count). The third-order valence-corrected chi connectivity index (χ3v) is 5.28. The average Bonchev–Trinajstić information content (AvgIpc) is 2.46. The second-order valence-electron chi connectivity index (χ2n) is 4.78. The number of carboxylic acids is 1. The summed E-state index contributed by atoms with van der Waals surface area (Å²) in [6.07, 6.45) is 3.88. The Bertz CT molecular complexity index is 486. The number of rotatable bonds is 4. The van der Waals surface area contributed by atoms with Gasteiger partial charge in [-0.05, 0) is 43.9 Å². The Morgan fingerprint density at radius 1 is 1.42 bits per heavy atom. The monoisotopic (exact) mass is 282 g/mol. The molecule has 1 aliphatic rings. The maximum atomic E-state index is 12.5. The van der Waals surface area contributed by atoms with E-state index in [1.165, 1.54) is 12.1 Å². The first-order valence-corrected chi connectivity index (χ1v) is 7.60. The highest BCUT2D eigenvalue weighted by Gasteiger charge is 2.27. The number of aromatic carboxylic acids is 1. The Hall–Kier alpha value is -1.20. The van der Waals surface area contributed by atoms with Crippen molar-refractivity contribution >= 4 is 16.8 Å². The maximum absolute atomic E-state index is 12.5. The lowest BCUT2D eigenvalue weighted by atomic mass is 9.97. The van der Waals surface area contributed by atoms with Crippen molar-refractivity contribution < 1.29 is 18.8 Å². The van der Waals surface area contributed by atoms with Gasteiger partial charge in [-0.25, -0.2) is 4.79 Å². The molecule has 1 aromatic rings. The van der Waals surface area contributed by atoms with E-state index in [1.807, 2.05) is 0 Å². The van der Waals surface area contributed by atoms with Crippen molar-refractivity contribution in [1.82, 2.24) is 0 Å². The van der Waals surface area contributed by atoms with E-state index in [2.05, 4.69) is 0 Å². The minimum atomic E-state index is -1.16. The Kier molecular flexibility index (Phi) is 4.71. The largest absolute Gasteiger partial charge is 0.478 e. The molecule has 1 aromatic carbocycles. The van der Waals surface area contributed by atoms with Gasteiger partial charge in [0, 0.05) is 17.3 Å². The lowest BCUT2D eigenvalue weighted by Gasteiger charge is -2.27. The minimum Gasteiger partial charge on any atom is -0.478 e. The van der Waals surface area contributed by atoms with E-state index in [0.717, 1.165) is 25.7 Å². The van der Waals surface area contributed by atoms with E-state index in [1.54, 1.807) is 19.2 Å². The van der Waals surface area contributed by atoms with E-state index in [4.69, 9.17) is 9.84 Å². The Morgan fingerprint density at radius 3 is 2.89 bits per heavy atom. The van der Waals surface area contributed by atoms with Crippen LogP contribution in [0.25, 0.3) is 0 Å². The number of hydrogen-bond acceptors (Lipinski definition) is 3. The van der Waals surface area contributed by atoms with Crippen LogP contribution < -0.4 is 0 Å². The predicted molar refractivity (Wildman–Crippen MR) is 72.9 cm³/mol. The van der Waals surface area contributed by atoms with Gasteiger partial charge in [0.25, 0.3) is 0 Å². The fourth-order valence-corrected chi connectivity index (χ4v) is 4.07. The van der Waals surface area contributed by atoms with Crippen LogP contribution in [0.2, 0.25) is 0 Å². The molecule has 0 aliphatic heterocycles. The number of methoxy groups -OCH3 is 1. The molecule has 0 radical (unpaired) electrons. The highest BCUT2D eigenvalue weighted by molar-refractivity contribution is 7.85. The van der Waals surface area contributed by atoms with Crippen LogP contribution in [-0.4, -0.2) is 33.7 Å². The summed E-state index contributed by atoms with van der Waals surface area (Å²) in [6.45, 7) is 0. The van der Waals surface area contributed by atoms with Crippen molar-refractivity contribution in [2.75, 3.05) is 7.11 Å². The van der Waals surface area contributed by atoms with E-state index in [0.29, 0.717) is 4.90 Å².